The molecule has 0 bridgehead atoms. The summed E-state index contributed by atoms with van der Waals surface area (Å²) in [5.74, 6) is -0.948. The Kier molecular flexibility index (Phi) is 7.19. The van der Waals surface area contributed by atoms with E-state index in [4.69, 9.17) is 14.2 Å². The van der Waals surface area contributed by atoms with Crippen LogP contribution in [0.2, 0.25) is 0 Å². The molecule has 154 valence electrons. The number of rotatable bonds is 7. The number of hydrogen-bond acceptors (Lipinski definition) is 7. The molecule has 0 spiro atoms. The summed E-state index contributed by atoms with van der Waals surface area (Å²) in [4.78, 5) is 37.4. The molecule has 1 fully saturated rings. The summed E-state index contributed by atoms with van der Waals surface area (Å²) in [6.07, 6.45) is 2.83. The van der Waals surface area contributed by atoms with Gasteiger partial charge in [-0.25, -0.2) is 4.79 Å². The first-order chi connectivity index (χ1) is 13.3. The average molecular weight is 394 g/mol. The number of esters is 1. The zero-order valence-corrected chi connectivity index (χ0v) is 16.6. The van der Waals surface area contributed by atoms with E-state index in [2.05, 4.69) is 0 Å². The molecule has 0 aromatic heterocycles. The lowest BCUT2D eigenvalue weighted by molar-refractivity contribution is -0.385. The summed E-state index contributed by atoms with van der Waals surface area (Å²) in [6, 6.07) is 2.45. The third kappa shape index (κ3) is 4.71. The average Bonchev–Trinajstić information content (AvgIpc) is 2.65. The fraction of sp³-hybridized carbons (Fsp3) is 0.579. The van der Waals surface area contributed by atoms with Crippen LogP contribution in [-0.4, -0.2) is 54.1 Å². The van der Waals surface area contributed by atoms with Crippen molar-refractivity contribution in [2.75, 3.05) is 20.3 Å². The Balaban J connectivity index is 2.18. The maximum absolute atomic E-state index is 12.5. The van der Waals surface area contributed by atoms with Crippen LogP contribution in [-0.2, 0) is 9.53 Å². The number of amides is 1. The molecular formula is C19H26N2O7. The van der Waals surface area contributed by atoms with Gasteiger partial charge >= 0.3 is 5.97 Å². The molecule has 2 atom stereocenters. The Morgan fingerprint density at radius 1 is 1.21 bits per heavy atom. The van der Waals surface area contributed by atoms with Gasteiger partial charge in [0.1, 0.15) is 5.56 Å². The minimum Gasteiger partial charge on any atom is -0.493 e. The SMILES string of the molecule is CCOc1cc([N+](=O)[O-])c(C(=O)OCC(=O)N2[C@@H](C)CCC[C@@H]2C)cc1OC. The number of carbonyl (C=O) groups is 2. The second kappa shape index (κ2) is 9.38. The van der Waals surface area contributed by atoms with E-state index in [-0.39, 0.29) is 41.7 Å². The summed E-state index contributed by atoms with van der Waals surface area (Å²) in [7, 11) is 1.36. The van der Waals surface area contributed by atoms with Crippen molar-refractivity contribution in [1.82, 2.24) is 4.90 Å². The van der Waals surface area contributed by atoms with Crippen molar-refractivity contribution in [1.29, 1.82) is 0 Å². The van der Waals surface area contributed by atoms with E-state index in [1.165, 1.54) is 13.2 Å². The molecule has 9 heteroatoms. The monoisotopic (exact) mass is 394 g/mol. The smallest absolute Gasteiger partial charge is 0.345 e. The van der Waals surface area contributed by atoms with Gasteiger partial charge in [-0.05, 0) is 40.0 Å². The number of benzene rings is 1. The first-order valence-electron chi connectivity index (χ1n) is 9.27. The first kappa shape index (κ1) is 21.5. The van der Waals surface area contributed by atoms with Gasteiger partial charge < -0.3 is 19.1 Å². The lowest BCUT2D eigenvalue weighted by atomic mass is 9.97. The van der Waals surface area contributed by atoms with Crippen LogP contribution in [0.1, 0.15) is 50.4 Å². The van der Waals surface area contributed by atoms with Crippen LogP contribution in [0.25, 0.3) is 0 Å². The Morgan fingerprint density at radius 3 is 2.39 bits per heavy atom. The van der Waals surface area contributed by atoms with E-state index in [0.717, 1.165) is 25.3 Å². The minimum atomic E-state index is -0.960. The van der Waals surface area contributed by atoms with Gasteiger partial charge in [-0.3, -0.25) is 14.9 Å². The van der Waals surface area contributed by atoms with E-state index < -0.39 is 23.2 Å². The van der Waals surface area contributed by atoms with Crippen LogP contribution in [0.15, 0.2) is 12.1 Å². The summed E-state index contributed by atoms with van der Waals surface area (Å²) in [6.45, 7) is 5.44. The third-order valence-electron chi connectivity index (χ3n) is 4.81. The minimum absolute atomic E-state index is 0.0647. The van der Waals surface area contributed by atoms with Crippen molar-refractivity contribution >= 4 is 17.6 Å². The molecule has 28 heavy (non-hydrogen) atoms. The quantitative estimate of drug-likeness (QED) is 0.397. The molecule has 9 nitrogen and oxygen atoms in total. The molecule has 0 radical (unpaired) electrons. The second-order valence-electron chi connectivity index (χ2n) is 6.72. The van der Waals surface area contributed by atoms with Gasteiger partial charge in [0.2, 0.25) is 0 Å². The number of nitrogens with zero attached hydrogens (tertiary/aromatic N) is 2. The summed E-state index contributed by atoms with van der Waals surface area (Å²) < 4.78 is 15.6. The molecule has 1 aromatic rings. The number of piperidine rings is 1. The van der Waals surface area contributed by atoms with Crippen LogP contribution in [0, 0.1) is 10.1 Å². The summed E-state index contributed by atoms with van der Waals surface area (Å²) in [5, 5.41) is 11.4. The topological polar surface area (TPSA) is 108 Å². The molecule has 2 rings (SSSR count). The van der Waals surface area contributed by atoms with Crippen LogP contribution in [0.5, 0.6) is 11.5 Å². The number of hydrogen-bond donors (Lipinski definition) is 0. The molecular weight excluding hydrogens is 368 g/mol. The molecule has 0 saturated carbocycles. The molecule has 1 aromatic carbocycles. The lowest BCUT2D eigenvalue weighted by Gasteiger charge is -2.38. The van der Waals surface area contributed by atoms with Crippen LogP contribution < -0.4 is 9.47 Å². The standard InChI is InChI=1S/C19H26N2O7/c1-5-27-17-10-15(21(24)25)14(9-16(17)26-4)19(23)28-11-18(22)20-12(2)7-6-8-13(20)3/h9-10,12-13H,5-8,11H2,1-4H3/t12-,13-/m0/s1. The number of carbonyl (C=O) groups excluding carboxylic acids is 2. The number of ether oxygens (including phenoxy) is 3. The molecule has 1 amide bonds. The maximum atomic E-state index is 12.5. The Hall–Kier alpha value is -2.84. The highest BCUT2D eigenvalue weighted by Gasteiger charge is 2.31. The van der Waals surface area contributed by atoms with Crippen molar-refractivity contribution in [3.05, 3.63) is 27.8 Å². The fourth-order valence-corrected chi connectivity index (χ4v) is 3.48. The van der Waals surface area contributed by atoms with Crippen LogP contribution >= 0.6 is 0 Å². The van der Waals surface area contributed by atoms with Crippen molar-refractivity contribution in [2.24, 2.45) is 0 Å². The number of likely N-dealkylation sites (tertiary alicyclic amines) is 1. The Morgan fingerprint density at radius 2 is 1.86 bits per heavy atom. The predicted molar refractivity (Wildman–Crippen MR) is 101 cm³/mol. The van der Waals surface area contributed by atoms with Gasteiger partial charge in [0.05, 0.1) is 24.7 Å². The van der Waals surface area contributed by atoms with Crippen molar-refractivity contribution in [3.63, 3.8) is 0 Å². The zero-order chi connectivity index (χ0) is 20.8. The molecule has 1 heterocycles. The molecule has 0 N–H and O–H groups in total. The predicted octanol–water partition coefficient (Wildman–Crippen LogP) is 2.95. The highest BCUT2D eigenvalue weighted by molar-refractivity contribution is 5.96. The maximum Gasteiger partial charge on any atom is 0.345 e. The van der Waals surface area contributed by atoms with E-state index in [9.17, 15) is 19.7 Å². The number of nitro groups is 1. The van der Waals surface area contributed by atoms with E-state index >= 15 is 0 Å². The molecule has 1 aliphatic rings. The normalized spacial score (nSPS) is 19.1. The zero-order valence-electron chi connectivity index (χ0n) is 16.6. The largest absolute Gasteiger partial charge is 0.493 e. The lowest BCUT2D eigenvalue weighted by Crippen LogP contribution is -2.49. The second-order valence-corrected chi connectivity index (χ2v) is 6.72. The highest BCUT2D eigenvalue weighted by Crippen LogP contribution is 2.35. The summed E-state index contributed by atoms with van der Waals surface area (Å²) >= 11 is 0. The van der Waals surface area contributed by atoms with E-state index in [0.29, 0.717) is 0 Å². The van der Waals surface area contributed by atoms with Gasteiger partial charge in [0.15, 0.2) is 18.1 Å². The fourth-order valence-electron chi connectivity index (χ4n) is 3.48. The van der Waals surface area contributed by atoms with Gasteiger partial charge in [0.25, 0.3) is 11.6 Å². The van der Waals surface area contributed by atoms with Crippen molar-refractivity contribution in [2.45, 2.75) is 52.1 Å². The van der Waals surface area contributed by atoms with Gasteiger partial charge in [-0.15, -0.1) is 0 Å². The molecule has 1 aliphatic heterocycles. The summed E-state index contributed by atoms with van der Waals surface area (Å²) in [5.41, 5.74) is -0.765. The number of methoxy groups -OCH3 is 1. The number of nitro benzene ring substituents is 1. The highest BCUT2D eigenvalue weighted by atomic mass is 16.6. The Bertz CT molecular complexity index is 740. The molecule has 1 saturated heterocycles. The van der Waals surface area contributed by atoms with Crippen molar-refractivity contribution in [3.8, 4) is 11.5 Å². The van der Waals surface area contributed by atoms with E-state index in [1.807, 2.05) is 13.8 Å². The van der Waals surface area contributed by atoms with E-state index in [1.54, 1.807) is 11.8 Å². The molecule has 0 aliphatic carbocycles. The Labute approximate surface area is 163 Å². The molecule has 0 unspecified atom stereocenters. The van der Waals surface area contributed by atoms with Gasteiger partial charge in [0, 0.05) is 18.2 Å². The van der Waals surface area contributed by atoms with Crippen LogP contribution in [0.4, 0.5) is 5.69 Å². The first-order valence-corrected chi connectivity index (χ1v) is 9.27. The van der Waals surface area contributed by atoms with Crippen LogP contribution in [0.3, 0.4) is 0 Å². The van der Waals surface area contributed by atoms with Crippen molar-refractivity contribution < 1.29 is 28.7 Å². The van der Waals surface area contributed by atoms with Gasteiger partial charge in [-0.2, -0.15) is 0 Å². The third-order valence-corrected chi connectivity index (χ3v) is 4.81. The van der Waals surface area contributed by atoms with Gasteiger partial charge in [-0.1, -0.05) is 0 Å².